The standard InChI is InChI=1S/C22H38O4/c1-15(25-16(2)23)9-10-19-21(6)13-8-12-20(4,5)18(21)11-14-22(19,7)26-17(3)24/h15,18-19H,8-14H2,1-7H3/t15-,18-,19+,21-,22+/m0/s1. The van der Waals surface area contributed by atoms with Gasteiger partial charge in [-0.05, 0) is 69.1 Å². The fourth-order valence-corrected chi connectivity index (χ4v) is 6.44. The van der Waals surface area contributed by atoms with Crippen LogP contribution in [0, 0.1) is 22.7 Å². The molecule has 26 heavy (non-hydrogen) atoms. The third kappa shape index (κ3) is 4.26. The van der Waals surface area contributed by atoms with E-state index in [0.29, 0.717) is 11.3 Å². The highest BCUT2D eigenvalue weighted by Crippen LogP contribution is 2.63. The SMILES string of the molecule is CC(=O)O[C@@H](C)CC[C@@H]1[C@@]2(C)CCCC(C)(C)[C@@H]2CC[C@@]1(C)OC(C)=O. The van der Waals surface area contributed by atoms with E-state index in [1.807, 2.05) is 6.92 Å². The largest absolute Gasteiger partial charge is 0.463 e. The number of carbonyl (C=O) groups is 2. The van der Waals surface area contributed by atoms with Crippen molar-refractivity contribution < 1.29 is 19.1 Å². The summed E-state index contributed by atoms with van der Waals surface area (Å²) in [6.45, 7) is 14.3. The molecule has 0 aromatic heterocycles. The van der Waals surface area contributed by atoms with Gasteiger partial charge in [0.1, 0.15) is 5.60 Å². The van der Waals surface area contributed by atoms with Gasteiger partial charge in [0.15, 0.2) is 0 Å². The molecule has 0 saturated heterocycles. The number of fused-ring (bicyclic) bond motifs is 1. The second-order valence-electron chi connectivity index (χ2n) is 9.90. The number of hydrogen-bond acceptors (Lipinski definition) is 4. The Bertz CT molecular complexity index is 540. The van der Waals surface area contributed by atoms with Crippen molar-refractivity contribution in [1.29, 1.82) is 0 Å². The molecule has 0 heterocycles. The molecular formula is C22H38O4. The molecule has 2 aliphatic carbocycles. The van der Waals surface area contributed by atoms with Crippen LogP contribution in [0.25, 0.3) is 0 Å². The van der Waals surface area contributed by atoms with E-state index in [1.165, 1.54) is 33.1 Å². The van der Waals surface area contributed by atoms with Gasteiger partial charge in [-0.1, -0.05) is 27.2 Å². The molecule has 4 nitrogen and oxygen atoms in total. The topological polar surface area (TPSA) is 52.6 Å². The van der Waals surface area contributed by atoms with E-state index < -0.39 is 5.60 Å². The van der Waals surface area contributed by atoms with E-state index in [2.05, 4.69) is 27.7 Å². The minimum atomic E-state index is -0.430. The molecule has 0 unspecified atom stereocenters. The summed E-state index contributed by atoms with van der Waals surface area (Å²) in [4.78, 5) is 23.1. The molecule has 2 saturated carbocycles. The molecule has 0 bridgehead atoms. The summed E-state index contributed by atoms with van der Waals surface area (Å²) in [6, 6.07) is 0. The van der Waals surface area contributed by atoms with E-state index in [1.54, 1.807) is 0 Å². The first-order valence-electron chi connectivity index (χ1n) is 10.3. The van der Waals surface area contributed by atoms with Crippen molar-refractivity contribution in [2.45, 2.75) is 105 Å². The van der Waals surface area contributed by atoms with Crippen molar-refractivity contribution in [3.63, 3.8) is 0 Å². The van der Waals surface area contributed by atoms with Gasteiger partial charge in [-0.15, -0.1) is 0 Å². The van der Waals surface area contributed by atoms with Gasteiger partial charge < -0.3 is 9.47 Å². The Morgan fingerprint density at radius 1 is 1.04 bits per heavy atom. The van der Waals surface area contributed by atoms with Crippen LogP contribution in [0.3, 0.4) is 0 Å². The zero-order valence-corrected chi connectivity index (χ0v) is 17.8. The number of esters is 2. The lowest BCUT2D eigenvalue weighted by atomic mass is 9.45. The van der Waals surface area contributed by atoms with Crippen LogP contribution in [0.4, 0.5) is 0 Å². The summed E-state index contributed by atoms with van der Waals surface area (Å²) in [5, 5.41) is 0. The van der Waals surface area contributed by atoms with Gasteiger partial charge in [-0.25, -0.2) is 0 Å². The van der Waals surface area contributed by atoms with E-state index >= 15 is 0 Å². The Balaban J connectivity index is 2.29. The second-order valence-corrected chi connectivity index (χ2v) is 9.90. The second kappa shape index (κ2) is 7.52. The van der Waals surface area contributed by atoms with Gasteiger partial charge in [0.2, 0.25) is 0 Å². The highest BCUT2D eigenvalue weighted by Gasteiger charge is 2.59. The van der Waals surface area contributed by atoms with Gasteiger partial charge in [0.05, 0.1) is 6.10 Å². The van der Waals surface area contributed by atoms with Crippen molar-refractivity contribution in [3.05, 3.63) is 0 Å². The lowest BCUT2D eigenvalue weighted by molar-refractivity contribution is -0.200. The molecule has 2 aliphatic rings. The van der Waals surface area contributed by atoms with Crippen LogP contribution in [0.5, 0.6) is 0 Å². The molecule has 0 aliphatic heterocycles. The number of rotatable bonds is 5. The molecule has 0 amide bonds. The first-order valence-corrected chi connectivity index (χ1v) is 10.3. The normalized spacial score (nSPS) is 37.3. The maximum atomic E-state index is 11.8. The predicted octanol–water partition coefficient (Wildman–Crippen LogP) is 5.28. The van der Waals surface area contributed by atoms with E-state index in [-0.39, 0.29) is 29.4 Å². The Labute approximate surface area is 159 Å². The zero-order valence-electron chi connectivity index (χ0n) is 17.8. The number of ether oxygens (including phenoxy) is 2. The van der Waals surface area contributed by atoms with E-state index in [9.17, 15) is 9.59 Å². The lowest BCUT2D eigenvalue weighted by Crippen LogP contribution is -2.58. The van der Waals surface area contributed by atoms with Crippen molar-refractivity contribution in [2.75, 3.05) is 0 Å². The summed E-state index contributed by atoms with van der Waals surface area (Å²) in [6.07, 6.45) is 7.34. The molecule has 0 radical (unpaired) electrons. The first kappa shape index (κ1) is 21.2. The number of hydrogen-bond donors (Lipinski definition) is 0. The van der Waals surface area contributed by atoms with Crippen molar-refractivity contribution in [3.8, 4) is 0 Å². The summed E-state index contributed by atoms with van der Waals surface area (Å²) < 4.78 is 11.3. The lowest BCUT2D eigenvalue weighted by Gasteiger charge is -2.62. The summed E-state index contributed by atoms with van der Waals surface area (Å²) in [5.41, 5.74) is 0.0465. The molecule has 0 N–H and O–H groups in total. The van der Waals surface area contributed by atoms with Gasteiger partial charge in [-0.2, -0.15) is 0 Å². The molecule has 0 aromatic rings. The van der Waals surface area contributed by atoms with Gasteiger partial charge in [0, 0.05) is 19.8 Å². The molecule has 0 spiro atoms. The molecule has 150 valence electrons. The van der Waals surface area contributed by atoms with Crippen LogP contribution in [-0.2, 0) is 19.1 Å². The zero-order chi connectivity index (χ0) is 19.8. The van der Waals surface area contributed by atoms with Gasteiger partial charge in [0.25, 0.3) is 0 Å². The highest BCUT2D eigenvalue weighted by atomic mass is 16.6. The van der Waals surface area contributed by atoms with Crippen LogP contribution in [0.2, 0.25) is 0 Å². The van der Waals surface area contributed by atoms with Crippen molar-refractivity contribution in [2.24, 2.45) is 22.7 Å². The van der Waals surface area contributed by atoms with Crippen molar-refractivity contribution in [1.82, 2.24) is 0 Å². The summed E-state index contributed by atoms with van der Waals surface area (Å²) >= 11 is 0. The maximum Gasteiger partial charge on any atom is 0.303 e. The minimum absolute atomic E-state index is 0.102. The smallest absolute Gasteiger partial charge is 0.303 e. The Kier molecular flexibility index (Phi) is 6.14. The molecule has 5 atom stereocenters. The van der Waals surface area contributed by atoms with Crippen LogP contribution in [0.1, 0.15) is 93.4 Å². The Hall–Kier alpha value is -1.06. The number of carbonyl (C=O) groups excluding carboxylic acids is 2. The summed E-state index contributed by atoms with van der Waals surface area (Å²) in [7, 11) is 0. The molecular weight excluding hydrogens is 328 g/mol. The van der Waals surface area contributed by atoms with E-state index in [4.69, 9.17) is 9.47 Å². The fourth-order valence-electron chi connectivity index (χ4n) is 6.44. The van der Waals surface area contributed by atoms with Crippen LogP contribution >= 0.6 is 0 Å². The van der Waals surface area contributed by atoms with Gasteiger partial charge in [-0.3, -0.25) is 9.59 Å². The van der Waals surface area contributed by atoms with Crippen LogP contribution < -0.4 is 0 Å². The average Bonchev–Trinajstić information content (AvgIpc) is 2.43. The van der Waals surface area contributed by atoms with Gasteiger partial charge >= 0.3 is 11.9 Å². The van der Waals surface area contributed by atoms with Crippen molar-refractivity contribution >= 4 is 11.9 Å². The molecule has 4 heteroatoms. The average molecular weight is 367 g/mol. The minimum Gasteiger partial charge on any atom is -0.463 e. The van der Waals surface area contributed by atoms with E-state index in [0.717, 1.165) is 25.7 Å². The molecule has 2 rings (SSSR count). The molecule has 2 fully saturated rings. The maximum absolute atomic E-state index is 11.8. The highest BCUT2D eigenvalue weighted by molar-refractivity contribution is 5.66. The Morgan fingerprint density at radius 2 is 1.69 bits per heavy atom. The summed E-state index contributed by atoms with van der Waals surface area (Å²) in [5.74, 6) is 0.506. The first-order chi connectivity index (χ1) is 11.9. The third-order valence-electron chi connectivity index (χ3n) is 7.34. The van der Waals surface area contributed by atoms with Crippen LogP contribution in [-0.4, -0.2) is 23.6 Å². The monoisotopic (exact) mass is 366 g/mol. The Morgan fingerprint density at radius 3 is 2.27 bits per heavy atom. The van der Waals surface area contributed by atoms with Crippen LogP contribution in [0.15, 0.2) is 0 Å². The predicted molar refractivity (Wildman–Crippen MR) is 103 cm³/mol. The molecule has 0 aromatic carbocycles. The third-order valence-corrected chi connectivity index (χ3v) is 7.34. The fraction of sp³-hybridized carbons (Fsp3) is 0.909. The quantitative estimate of drug-likeness (QED) is 0.621.